The molecule has 0 unspecified atom stereocenters. The molecule has 0 radical (unpaired) electrons. The van der Waals surface area contributed by atoms with Crippen LogP contribution < -0.4 is 10.7 Å². The van der Waals surface area contributed by atoms with Crippen molar-refractivity contribution in [1.82, 2.24) is 0 Å². The van der Waals surface area contributed by atoms with Gasteiger partial charge in [-0.2, -0.15) is 15.6 Å². The number of hydrazone groups is 1. The van der Waals surface area contributed by atoms with Gasteiger partial charge in [0.25, 0.3) is 0 Å². The largest absolute Gasteiger partial charge is 0.478 e. The number of benzene rings is 3. The van der Waals surface area contributed by atoms with E-state index < -0.39 is 5.97 Å². The Morgan fingerprint density at radius 2 is 1.52 bits per heavy atom. The molecule has 7 nitrogen and oxygen atoms in total. The first-order valence-corrected chi connectivity index (χ1v) is 8.55. The smallest absolute Gasteiger partial charge is 0.337 e. The fourth-order valence-electron chi connectivity index (χ4n) is 2.75. The minimum absolute atomic E-state index is 0.0172. The van der Waals surface area contributed by atoms with E-state index in [4.69, 9.17) is 10.5 Å². The second-order valence-corrected chi connectivity index (χ2v) is 5.87. The summed E-state index contributed by atoms with van der Waals surface area (Å²) in [6.07, 6.45) is 0. The van der Waals surface area contributed by atoms with E-state index in [1.807, 2.05) is 54.6 Å². The molecule has 3 rings (SSSR count). The monoisotopic (exact) mass is 381 g/mol. The number of hydrogen-bond acceptors (Lipinski definition) is 6. The van der Waals surface area contributed by atoms with Crippen LogP contribution >= 0.6 is 0 Å². The summed E-state index contributed by atoms with van der Waals surface area (Å²) >= 11 is 0. The molecule has 0 heterocycles. The Morgan fingerprint density at radius 3 is 2.21 bits per heavy atom. The molecule has 7 heteroatoms. The molecule has 3 N–H and O–H groups in total. The third kappa shape index (κ3) is 4.38. The van der Waals surface area contributed by atoms with Crippen LogP contribution in [-0.4, -0.2) is 16.8 Å². The summed E-state index contributed by atoms with van der Waals surface area (Å²) in [7, 11) is 0. The zero-order valence-electron chi connectivity index (χ0n) is 15.1. The lowest BCUT2D eigenvalue weighted by molar-refractivity contribution is 0.0698. The van der Waals surface area contributed by atoms with Crippen LogP contribution in [0.4, 0.5) is 17.1 Å². The molecule has 3 aromatic rings. The zero-order chi connectivity index (χ0) is 20.6. The second kappa shape index (κ2) is 8.85. The Bertz CT molecular complexity index is 1140. The molecule has 29 heavy (non-hydrogen) atoms. The maximum atomic E-state index is 11.8. The minimum atomic E-state index is -1.13. The molecule has 0 saturated carbocycles. The van der Waals surface area contributed by atoms with Gasteiger partial charge in [0.05, 0.1) is 16.9 Å². The van der Waals surface area contributed by atoms with Gasteiger partial charge >= 0.3 is 5.97 Å². The molecule has 0 amide bonds. The normalized spacial score (nSPS) is 9.59. The quantitative estimate of drug-likeness (QED) is 0.423. The molecule has 0 fully saturated rings. The third-order valence-electron chi connectivity index (χ3n) is 4.07. The first kappa shape index (κ1) is 19.2. The summed E-state index contributed by atoms with van der Waals surface area (Å²) in [5, 5.41) is 34.2. The molecule has 0 aliphatic heterocycles. The van der Waals surface area contributed by atoms with Gasteiger partial charge in [-0.1, -0.05) is 54.6 Å². The summed E-state index contributed by atoms with van der Waals surface area (Å²) in [6, 6.07) is 25.1. The molecule has 140 valence electrons. The highest BCUT2D eigenvalue weighted by Gasteiger charge is 2.16. The van der Waals surface area contributed by atoms with Crippen molar-refractivity contribution >= 4 is 28.7 Å². The molecule has 0 spiro atoms. The van der Waals surface area contributed by atoms with Gasteiger partial charge in [0.1, 0.15) is 12.1 Å². The van der Waals surface area contributed by atoms with E-state index >= 15 is 0 Å². The molecule has 0 bridgehead atoms. The number of nitriles is 2. The zero-order valence-corrected chi connectivity index (χ0v) is 15.1. The van der Waals surface area contributed by atoms with Crippen LogP contribution in [0.2, 0.25) is 0 Å². The Labute approximate surface area is 167 Å². The van der Waals surface area contributed by atoms with Gasteiger partial charge in [-0.05, 0) is 23.8 Å². The summed E-state index contributed by atoms with van der Waals surface area (Å²) in [6.45, 7) is 0. The average Bonchev–Trinajstić information content (AvgIpc) is 2.76. The number of para-hydroxylation sites is 2. The highest BCUT2D eigenvalue weighted by atomic mass is 16.4. The van der Waals surface area contributed by atoms with Crippen molar-refractivity contribution in [3.63, 3.8) is 0 Å². The number of aromatic carboxylic acids is 1. The van der Waals surface area contributed by atoms with Crippen molar-refractivity contribution in [3.05, 3.63) is 78.4 Å². The SMILES string of the molecule is N#CC(C#N)=NNc1cccc(C(=O)O)c1Nc1ccccc1-c1ccccc1. The van der Waals surface area contributed by atoms with Crippen molar-refractivity contribution in [2.45, 2.75) is 0 Å². The van der Waals surface area contributed by atoms with E-state index in [9.17, 15) is 9.90 Å². The summed E-state index contributed by atoms with van der Waals surface area (Å²) in [4.78, 5) is 11.8. The van der Waals surface area contributed by atoms with Crippen LogP contribution in [0, 0.1) is 22.7 Å². The van der Waals surface area contributed by atoms with Crippen molar-refractivity contribution in [3.8, 4) is 23.3 Å². The predicted octanol–water partition coefficient (Wildman–Crippen LogP) is 4.61. The summed E-state index contributed by atoms with van der Waals surface area (Å²) in [5.74, 6) is -1.13. The number of rotatable bonds is 6. The Kier molecular flexibility index (Phi) is 5.84. The average molecular weight is 381 g/mol. The Balaban J connectivity index is 2.08. The van der Waals surface area contributed by atoms with E-state index in [2.05, 4.69) is 15.8 Å². The van der Waals surface area contributed by atoms with E-state index in [1.165, 1.54) is 6.07 Å². The van der Waals surface area contributed by atoms with Crippen LogP contribution in [0.25, 0.3) is 11.1 Å². The predicted molar refractivity (Wildman–Crippen MR) is 111 cm³/mol. The third-order valence-corrected chi connectivity index (χ3v) is 4.07. The number of carbonyl (C=O) groups is 1. The van der Waals surface area contributed by atoms with E-state index in [-0.39, 0.29) is 17.0 Å². The molecule has 3 aromatic carbocycles. The van der Waals surface area contributed by atoms with Gasteiger partial charge in [-0.25, -0.2) is 4.79 Å². The first-order chi connectivity index (χ1) is 14.1. The van der Waals surface area contributed by atoms with Gasteiger partial charge in [-0.3, -0.25) is 5.43 Å². The van der Waals surface area contributed by atoms with E-state index in [0.29, 0.717) is 11.4 Å². The lowest BCUT2D eigenvalue weighted by Gasteiger charge is -2.17. The van der Waals surface area contributed by atoms with Crippen LogP contribution in [0.5, 0.6) is 0 Å². The van der Waals surface area contributed by atoms with Gasteiger partial charge in [0.15, 0.2) is 0 Å². The van der Waals surface area contributed by atoms with Crippen LogP contribution in [0.1, 0.15) is 10.4 Å². The maximum Gasteiger partial charge on any atom is 0.337 e. The number of carboxylic acids is 1. The second-order valence-electron chi connectivity index (χ2n) is 5.87. The Morgan fingerprint density at radius 1 is 0.862 bits per heavy atom. The molecular weight excluding hydrogens is 366 g/mol. The highest BCUT2D eigenvalue weighted by Crippen LogP contribution is 2.35. The maximum absolute atomic E-state index is 11.8. The van der Waals surface area contributed by atoms with Gasteiger partial charge in [-0.15, -0.1) is 0 Å². The van der Waals surface area contributed by atoms with E-state index in [0.717, 1.165) is 11.1 Å². The summed E-state index contributed by atoms with van der Waals surface area (Å²) < 4.78 is 0. The van der Waals surface area contributed by atoms with Crippen LogP contribution in [-0.2, 0) is 0 Å². The number of hydrogen-bond donors (Lipinski definition) is 3. The number of carboxylic acid groups (broad SMARTS) is 1. The lowest BCUT2D eigenvalue weighted by atomic mass is 10.0. The molecule has 0 saturated heterocycles. The fourth-order valence-corrected chi connectivity index (χ4v) is 2.75. The molecule has 0 aliphatic rings. The molecule has 0 aliphatic carbocycles. The standard InChI is InChI=1S/C22H15N5O2/c23-13-16(14-24)26-27-20-12-6-10-18(22(28)29)21(20)25-19-11-5-4-9-17(19)15-7-2-1-3-8-15/h1-12,25,27H,(H,28,29). The molecule has 0 atom stereocenters. The van der Waals surface area contributed by atoms with Gasteiger partial charge < -0.3 is 10.4 Å². The van der Waals surface area contributed by atoms with Crippen LogP contribution in [0.15, 0.2) is 77.9 Å². The highest BCUT2D eigenvalue weighted by molar-refractivity contribution is 6.10. The van der Waals surface area contributed by atoms with E-state index in [1.54, 1.807) is 24.3 Å². The number of nitrogens with zero attached hydrogens (tertiary/aromatic N) is 3. The topological polar surface area (TPSA) is 121 Å². The number of anilines is 3. The lowest BCUT2D eigenvalue weighted by Crippen LogP contribution is -2.07. The molecule has 0 aromatic heterocycles. The van der Waals surface area contributed by atoms with Crippen molar-refractivity contribution in [1.29, 1.82) is 10.5 Å². The van der Waals surface area contributed by atoms with Crippen molar-refractivity contribution in [2.75, 3.05) is 10.7 Å². The number of nitrogens with one attached hydrogen (secondary N) is 2. The van der Waals surface area contributed by atoms with Crippen molar-refractivity contribution < 1.29 is 9.90 Å². The van der Waals surface area contributed by atoms with Crippen LogP contribution in [0.3, 0.4) is 0 Å². The van der Waals surface area contributed by atoms with Gasteiger partial charge in [0.2, 0.25) is 5.71 Å². The minimum Gasteiger partial charge on any atom is -0.478 e. The molecular formula is C22H15N5O2. The first-order valence-electron chi connectivity index (χ1n) is 8.55. The van der Waals surface area contributed by atoms with Crippen molar-refractivity contribution in [2.24, 2.45) is 5.10 Å². The summed E-state index contributed by atoms with van der Waals surface area (Å²) in [5.41, 5.74) is 5.38. The van der Waals surface area contributed by atoms with Gasteiger partial charge in [0, 0.05) is 11.3 Å². The Hall–Kier alpha value is -4.62. The fraction of sp³-hybridized carbons (Fsp3) is 0.